The summed E-state index contributed by atoms with van der Waals surface area (Å²) in [5, 5.41) is 1.93. The molecule has 0 saturated carbocycles. The van der Waals surface area contributed by atoms with E-state index in [4.69, 9.17) is 14.2 Å². The van der Waals surface area contributed by atoms with Crippen LogP contribution in [0.15, 0.2) is 29.6 Å². The van der Waals surface area contributed by atoms with Crippen molar-refractivity contribution in [2.45, 2.75) is 39.7 Å². The van der Waals surface area contributed by atoms with Crippen molar-refractivity contribution in [3.05, 3.63) is 45.9 Å². The van der Waals surface area contributed by atoms with Crippen molar-refractivity contribution in [2.75, 3.05) is 13.2 Å². The Bertz CT molecular complexity index is 711. The number of carbonyl (C=O) groups is 2. The Hall–Kier alpha value is -2.41. The first kappa shape index (κ1) is 19.9. The molecule has 1 aromatic heterocycles. The Balaban J connectivity index is 1.81. The van der Waals surface area contributed by atoms with Crippen molar-refractivity contribution in [3.8, 4) is 5.75 Å². The van der Waals surface area contributed by atoms with Crippen LogP contribution in [0.25, 0.3) is 0 Å². The summed E-state index contributed by atoms with van der Waals surface area (Å²) in [7, 11) is 0. The molecule has 0 radical (unpaired) electrons. The third kappa shape index (κ3) is 6.15. The highest BCUT2D eigenvalue weighted by atomic mass is 32.1. The molecule has 2 rings (SSSR count). The fourth-order valence-corrected chi connectivity index (χ4v) is 2.81. The van der Waals surface area contributed by atoms with Gasteiger partial charge in [0.15, 0.2) is 0 Å². The number of benzene rings is 1. The number of unbranched alkanes of at least 4 members (excludes halogenated alkanes) is 2. The lowest BCUT2D eigenvalue weighted by molar-refractivity contribution is 0.0468. The minimum absolute atomic E-state index is 0.00398. The van der Waals surface area contributed by atoms with Crippen LogP contribution in [0.2, 0.25) is 0 Å². The first-order valence-corrected chi connectivity index (χ1v) is 9.53. The first-order valence-electron chi connectivity index (χ1n) is 8.65. The van der Waals surface area contributed by atoms with Gasteiger partial charge in [-0.2, -0.15) is 0 Å². The molecular weight excluding hydrogens is 354 g/mol. The van der Waals surface area contributed by atoms with Crippen molar-refractivity contribution in [1.29, 1.82) is 0 Å². The van der Waals surface area contributed by atoms with Gasteiger partial charge in [-0.1, -0.05) is 19.8 Å². The lowest BCUT2D eigenvalue weighted by atomic mass is 10.2. The smallest absolute Gasteiger partial charge is 0.367 e. The molecule has 6 nitrogen and oxygen atoms in total. The first-order chi connectivity index (χ1) is 12.6. The summed E-state index contributed by atoms with van der Waals surface area (Å²) in [5.74, 6) is -0.186. The lowest BCUT2D eigenvalue weighted by Crippen LogP contribution is -2.07. The Morgan fingerprint density at radius 3 is 2.50 bits per heavy atom. The van der Waals surface area contributed by atoms with Crippen LogP contribution in [0.3, 0.4) is 0 Å². The van der Waals surface area contributed by atoms with Crippen LogP contribution < -0.4 is 4.74 Å². The van der Waals surface area contributed by atoms with Crippen LogP contribution >= 0.6 is 11.3 Å². The van der Waals surface area contributed by atoms with Crippen molar-refractivity contribution in [3.63, 3.8) is 0 Å². The largest absolute Gasteiger partial charge is 0.494 e. The van der Waals surface area contributed by atoms with Gasteiger partial charge in [0.25, 0.3) is 0 Å². The molecule has 0 N–H and O–H groups in total. The zero-order valence-corrected chi connectivity index (χ0v) is 15.8. The molecule has 0 spiro atoms. The van der Waals surface area contributed by atoms with Crippen LogP contribution in [0.5, 0.6) is 5.75 Å². The maximum absolute atomic E-state index is 12.1. The fourth-order valence-electron chi connectivity index (χ4n) is 2.11. The summed E-state index contributed by atoms with van der Waals surface area (Å²) in [6.45, 7) is 4.84. The number of rotatable bonds is 10. The third-order valence-corrected chi connectivity index (χ3v) is 4.33. The zero-order valence-electron chi connectivity index (χ0n) is 15.0. The van der Waals surface area contributed by atoms with Gasteiger partial charge in [-0.05, 0) is 37.6 Å². The van der Waals surface area contributed by atoms with Crippen molar-refractivity contribution in [1.82, 2.24) is 4.98 Å². The summed E-state index contributed by atoms with van der Waals surface area (Å²) in [4.78, 5) is 27.8. The van der Waals surface area contributed by atoms with Crippen molar-refractivity contribution >= 4 is 23.3 Å². The molecule has 1 heterocycles. The standard InChI is InChI=1S/C19H23NO5S/c1-3-5-6-11-24-16-9-7-14(8-10-16)18(21)25-12-15-13-26-17(20-15)19(22)23-4-2/h7-10,13H,3-6,11-12H2,1-2H3. The van der Waals surface area contributed by atoms with Gasteiger partial charge in [-0.15, -0.1) is 11.3 Å². The zero-order chi connectivity index (χ0) is 18.8. The highest BCUT2D eigenvalue weighted by Crippen LogP contribution is 2.16. The van der Waals surface area contributed by atoms with E-state index in [1.807, 2.05) is 0 Å². The summed E-state index contributed by atoms with van der Waals surface area (Å²) in [6, 6.07) is 6.85. The lowest BCUT2D eigenvalue weighted by Gasteiger charge is -2.07. The molecule has 2 aromatic rings. The Labute approximate surface area is 157 Å². The molecule has 0 aliphatic heterocycles. The van der Waals surface area contributed by atoms with Crippen LogP contribution in [0.1, 0.15) is 59.0 Å². The van der Waals surface area contributed by atoms with E-state index in [0.717, 1.165) is 36.3 Å². The average molecular weight is 377 g/mol. The second kappa shape index (κ2) is 10.6. The molecule has 0 unspecified atom stereocenters. The quantitative estimate of drug-likeness (QED) is 0.455. The molecule has 0 fully saturated rings. The highest BCUT2D eigenvalue weighted by Gasteiger charge is 2.14. The SMILES string of the molecule is CCCCCOc1ccc(C(=O)OCc2csc(C(=O)OCC)n2)cc1. The summed E-state index contributed by atoms with van der Waals surface area (Å²) in [6.07, 6.45) is 3.30. The third-order valence-electron chi connectivity index (χ3n) is 3.46. The molecule has 26 heavy (non-hydrogen) atoms. The molecule has 140 valence electrons. The molecule has 7 heteroatoms. The second-order valence-corrected chi connectivity index (χ2v) is 6.38. The molecule has 0 atom stereocenters. The Kier molecular flexibility index (Phi) is 8.08. The van der Waals surface area contributed by atoms with Gasteiger partial charge in [-0.25, -0.2) is 14.6 Å². The number of esters is 2. The molecule has 0 amide bonds. The number of thiazole rings is 1. The van der Waals surface area contributed by atoms with Gasteiger partial charge in [0.1, 0.15) is 12.4 Å². The van der Waals surface area contributed by atoms with Crippen LogP contribution in [-0.2, 0) is 16.1 Å². The van der Waals surface area contributed by atoms with Crippen molar-refractivity contribution in [2.24, 2.45) is 0 Å². The minimum Gasteiger partial charge on any atom is -0.494 e. The number of ether oxygens (including phenoxy) is 3. The number of hydrogen-bond donors (Lipinski definition) is 0. The van der Waals surface area contributed by atoms with Gasteiger partial charge >= 0.3 is 11.9 Å². The number of nitrogens with zero attached hydrogens (tertiary/aromatic N) is 1. The molecule has 0 aliphatic carbocycles. The molecule has 1 aromatic carbocycles. The number of hydrogen-bond acceptors (Lipinski definition) is 7. The van der Waals surface area contributed by atoms with Crippen LogP contribution in [0.4, 0.5) is 0 Å². The van der Waals surface area contributed by atoms with E-state index in [-0.39, 0.29) is 11.6 Å². The minimum atomic E-state index is -0.468. The normalized spacial score (nSPS) is 10.4. The monoisotopic (exact) mass is 377 g/mol. The van der Waals surface area contributed by atoms with Crippen LogP contribution in [0, 0.1) is 0 Å². The number of carbonyl (C=O) groups excluding carboxylic acids is 2. The van der Waals surface area contributed by atoms with Gasteiger partial charge in [0.2, 0.25) is 5.01 Å². The van der Waals surface area contributed by atoms with Crippen molar-refractivity contribution < 1.29 is 23.8 Å². The van der Waals surface area contributed by atoms with E-state index in [9.17, 15) is 9.59 Å². The summed E-state index contributed by atoms with van der Waals surface area (Å²) < 4.78 is 15.7. The van der Waals surface area contributed by atoms with Crippen LogP contribution in [-0.4, -0.2) is 30.1 Å². The molecular formula is C19H23NO5S. The van der Waals surface area contributed by atoms with E-state index >= 15 is 0 Å². The summed E-state index contributed by atoms with van der Waals surface area (Å²) >= 11 is 1.16. The Morgan fingerprint density at radius 2 is 1.81 bits per heavy atom. The van der Waals surface area contributed by atoms with E-state index < -0.39 is 11.9 Å². The van der Waals surface area contributed by atoms with E-state index in [0.29, 0.717) is 24.5 Å². The van der Waals surface area contributed by atoms with Gasteiger partial charge in [0.05, 0.1) is 24.5 Å². The van der Waals surface area contributed by atoms with Gasteiger partial charge < -0.3 is 14.2 Å². The highest BCUT2D eigenvalue weighted by molar-refractivity contribution is 7.11. The molecule has 0 aliphatic rings. The molecule has 0 bridgehead atoms. The van der Waals surface area contributed by atoms with E-state index in [1.54, 1.807) is 36.6 Å². The van der Waals surface area contributed by atoms with Gasteiger partial charge in [-0.3, -0.25) is 0 Å². The number of aromatic nitrogens is 1. The second-order valence-electron chi connectivity index (χ2n) is 5.52. The summed E-state index contributed by atoms with van der Waals surface area (Å²) in [5.41, 5.74) is 0.953. The van der Waals surface area contributed by atoms with Gasteiger partial charge in [0, 0.05) is 5.38 Å². The predicted molar refractivity (Wildman–Crippen MR) is 98.7 cm³/mol. The topological polar surface area (TPSA) is 74.7 Å². The fraction of sp³-hybridized carbons (Fsp3) is 0.421. The molecule has 0 saturated heterocycles. The maximum atomic E-state index is 12.1. The maximum Gasteiger partial charge on any atom is 0.367 e. The van der Waals surface area contributed by atoms with E-state index in [2.05, 4.69) is 11.9 Å². The van der Waals surface area contributed by atoms with E-state index in [1.165, 1.54) is 0 Å². The predicted octanol–water partition coefficient (Wildman–Crippen LogP) is 4.25. The average Bonchev–Trinajstić information content (AvgIpc) is 3.13. The Morgan fingerprint density at radius 1 is 1.04 bits per heavy atom.